The van der Waals surface area contributed by atoms with Crippen LogP contribution in [0.25, 0.3) is 0 Å². The van der Waals surface area contributed by atoms with Gasteiger partial charge in [0.25, 0.3) is 5.56 Å². The van der Waals surface area contributed by atoms with Crippen molar-refractivity contribution in [3.63, 3.8) is 0 Å². The van der Waals surface area contributed by atoms with Crippen LogP contribution in [0.1, 0.15) is 16.1 Å². The minimum Gasteiger partial charge on any atom is -0.489 e. The third kappa shape index (κ3) is 2.91. The second-order valence-corrected chi connectivity index (χ2v) is 3.81. The van der Waals surface area contributed by atoms with E-state index in [4.69, 9.17) is 9.84 Å². The average molecular weight is 276 g/mol. The van der Waals surface area contributed by atoms with E-state index in [1.165, 1.54) is 31.8 Å². The van der Waals surface area contributed by atoms with E-state index < -0.39 is 11.5 Å². The summed E-state index contributed by atoms with van der Waals surface area (Å²) < 4.78 is 4.94. The summed E-state index contributed by atoms with van der Waals surface area (Å²) >= 11 is 0. The lowest BCUT2D eigenvalue weighted by molar-refractivity contribution is 0.0696. The molecule has 0 aliphatic carbocycles. The van der Waals surface area contributed by atoms with Crippen molar-refractivity contribution < 1.29 is 14.6 Å². The van der Waals surface area contributed by atoms with Crippen molar-refractivity contribution in [2.75, 3.05) is 12.4 Å². The lowest BCUT2D eigenvalue weighted by atomic mass is 10.2. The maximum Gasteiger partial charge on any atom is 0.335 e. The van der Waals surface area contributed by atoms with Gasteiger partial charge >= 0.3 is 5.97 Å². The highest BCUT2D eigenvalue weighted by atomic mass is 16.5. The summed E-state index contributed by atoms with van der Waals surface area (Å²) in [7, 11) is 1.36. The van der Waals surface area contributed by atoms with Crippen LogP contribution in [0, 0.1) is 0 Å². The highest BCUT2D eigenvalue weighted by Crippen LogP contribution is 2.15. The number of hydrogen-bond donors (Lipinski definition) is 3. The zero-order valence-corrected chi connectivity index (χ0v) is 10.6. The summed E-state index contributed by atoms with van der Waals surface area (Å²) in [6.45, 7) is 0.216. The fraction of sp³-hybridized carbons (Fsp3) is 0.167. The fourth-order valence-corrected chi connectivity index (χ4v) is 1.58. The fourth-order valence-electron chi connectivity index (χ4n) is 1.58. The van der Waals surface area contributed by atoms with Crippen molar-refractivity contribution in [1.29, 1.82) is 0 Å². The van der Waals surface area contributed by atoms with Crippen LogP contribution in [-0.4, -0.2) is 33.1 Å². The number of carboxylic acids is 1. The number of nitrogens with zero attached hydrogens (tertiary/aromatic N) is 2. The first-order valence-electron chi connectivity index (χ1n) is 5.65. The van der Waals surface area contributed by atoms with Gasteiger partial charge in [-0.25, -0.2) is 9.78 Å². The summed E-state index contributed by atoms with van der Waals surface area (Å²) in [5, 5.41) is 11.8. The molecule has 0 saturated carbocycles. The van der Waals surface area contributed by atoms with Gasteiger partial charge in [-0.15, -0.1) is 0 Å². The summed E-state index contributed by atoms with van der Waals surface area (Å²) in [6, 6.07) is 2.84. The van der Waals surface area contributed by atoms with Crippen LogP contribution in [0.5, 0.6) is 5.75 Å². The number of nitrogens with one attached hydrogen (secondary N) is 2. The Balaban J connectivity index is 2.17. The number of aromatic carboxylic acids is 1. The van der Waals surface area contributed by atoms with E-state index in [-0.39, 0.29) is 23.7 Å². The molecule has 0 radical (unpaired) electrons. The molecule has 2 heterocycles. The molecule has 2 aromatic rings. The Hall–Kier alpha value is -2.90. The summed E-state index contributed by atoms with van der Waals surface area (Å²) in [4.78, 5) is 32.7. The van der Waals surface area contributed by atoms with Crippen LogP contribution in [0.3, 0.4) is 0 Å². The second kappa shape index (κ2) is 5.83. The normalized spacial score (nSPS) is 10.1. The van der Waals surface area contributed by atoms with E-state index in [0.29, 0.717) is 5.69 Å². The van der Waals surface area contributed by atoms with Gasteiger partial charge < -0.3 is 20.1 Å². The molecule has 3 N–H and O–H groups in total. The van der Waals surface area contributed by atoms with Crippen LogP contribution >= 0.6 is 0 Å². The number of aromatic amines is 1. The maximum atomic E-state index is 11.5. The zero-order chi connectivity index (χ0) is 14.5. The van der Waals surface area contributed by atoms with Crippen LogP contribution in [0.2, 0.25) is 0 Å². The molecule has 0 saturated heterocycles. The molecular weight excluding hydrogens is 264 g/mol. The molecule has 20 heavy (non-hydrogen) atoms. The molecule has 2 aromatic heterocycles. The van der Waals surface area contributed by atoms with Gasteiger partial charge in [0.05, 0.1) is 31.2 Å². The van der Waals surface area contributed by atoms with Gasteiger partial charge in [-0.2, -0.15) is 0 Å². The SMILES string of the molecule is COc1c(NCc2cc(C(=O)O)ccn2)nc[nH]c1=O. The molecule has 0 amide bonds. The van der Waals surface area contributed by atoms with Crippen molar-refractivity contribution in [1.82, 2.24) is 15.0 Å². The Morgan fingerprint density at radius 3 is 3.00 bits per heavy atom. The number of carboxylic acid groups (broad SMARTS) is 1. The molecule has 0 atom stereocenters. The molecule has 0 unspecified atom stereocenters. The van der Waals surface area contributed by atoms with Crippen LogP contribution in [0.15, 0.2) is 29.5 Å². The number of H-pyrrole nitrogens is 1. The number of anilines is 1. The van der Waals surface area contributed by atoms with Crippen LogP contribution in [0.4, 0.5) is 5.82 Å². The Morgan fingerprint density at radius 2 is 2.30 bits per heavy atom. The summed E-state index contributed by atoms with van der Waals surface area (Å²) in [5.41, 5.74) is 0.244. The van der Waals surface area contributed by atoms with E-state index in [9.17, 15) is 9.59 Å². The molecule has 2 rings (SSSR count). The van der Waals surface area contributed by atoms with E-state index in [0.717, 1.165) is 0 Å². The maximum absolute atomic E-state index is 11.5. The van der Waals surface area contributed by atoms with Gasteiger partial charge in [-0.3, -0.25) is 9.78 Å². The summed E-state index contributed by atoms with van der Waals surface area (Å²) in [5.74, 6) is -0.707. The van der Waals surface area contributed by atoms with Crippen molar-refractivity contribution in [2.24, 2.45) is 0 Å². The molecule has 104 valence electrons. The van der Waals surface area contributed by atoms with Crippen molar-refractivity contribution >= 4 is 11.8 Å². The smallest absolute Gasteiger partial charge is 0.335 e. The zero-order valence-electron chi connectivity index (χ0n) is 10.6. The van der Waals surface area contributed by atoms with Crippen LogP contribution in [-0.2, 0) is 6.54 Å². The monoisotopic (exact) mass is 276 g/mol. The first-order chi connectivity index (χ1) is 9.61. The Labute approximate surface area is 113 Å². The Morgan fingerprint density at radius 1 is 1.50 bits per heavy atom. The molecule has 0 aromatic carbocycles. The average Bonchev–Trinajstić information content (AvgIpc) is 2.45. The number of methoxy groups -OCH3 is 1. The van der Waals surface area contributed by atoms with E-state index in [2.05, 4.69) is 20.3 Å². The van der Waals surface area contributed by atoms with Crippen molar-refractivity contribution in [2.45, 2.75) is 6.54 Å². The van der Waals surface area contributed by atoms with Gasteiger partial charge in [0.15, 0.2) is 5.82 Å². The third-order valence-electron chi connectivity index (χ3n) is 2.52. The number of carbonyl (C=O) groups is 1. The van der Waals surface area contributed by atoms with Crippen molar-refractivity contribution in [3.8, 4) is 5.75 Å². The highest BCUT2D eigenvalue weighted by molar-refractivity contribution is 5.87. The topological polar surface area (TPSA) is 117 Å². The van der Waals surface area contributed by atoms with Gasteiger partial charge in [0.1, 0.15) is 0 Å². The predicted molar refractivity (Wildman–Crippen MR) is 69.9 cm³/mol. The largest absolute Gasteiger partial charge is 0.489 e. The Kier molecular flexibility index (Phi) is 3.94. The number of hydrogen-bond acceptors (Lipinski definition) is 6. The molecule has 8 nitrogen and oxygen atoms in total. The van der Waals surface area contributed by atoms with E-state index >= 15 is 0 Å². The predicted octanol–water partition coefficient (Wildman–Crippen LogP) is 0.484. The molecule has 0 fully saturated rings. The molecule has 8 heteroatoms. The van der Waals surface area contributed by atoms with Crippen molar-refractivity contribution in [3.05, 3.63) is 46.3 Å². The molecule has 0 aliphatic heterocycles. The number of rotatable bonds is 5. The first-order valence-corrected chi connectivity index (χ1v) is 5.65. The number of pyridine rings is 1. The molecule has 0 bridgehead atoms. The standard InChI is InChI=1S/C12H12N4O4/c1-20-9-10(15-6-16-11(9)17)14-5-8-4-7(12(18)19)2-3-13-8/h2-4,6H,5H2,1H3,(H,18,19)(H2,14,15,16,17). The first kappa shape index (κ1) is 13.5. The Bertz CT molecular complexity index is 683. The van der Waals surface area contributed by atoms with Crippen LogP contribution < -0.4 is 15.6 Å². The molecule has 0 spiro atoms. The quantitative estimate of drug-likeness (QED) is 0.727. The highest BCUT2D eigenvalue weighted by Gasteiger charge is 2.09. The van der Waals surface area contributed by atoms with Gasteiger partial charge in [0.2, 0.25) is 5.75 Å². The summed E-state index contributed by atoms with van der Waals surface area (Å²) in [6.07, 6.45) is 2.65. The lowest BCUT2D eigenvalue weighted by Gasteiger charge is -2.08. The van der Waals surface area contributed by atoms with E-state index in [1.807, 2.05) is 0 Å². The van der Waals surface area contributed by atoms with Gasteiger partial charge in [-0.05, 0) is 12.1 Å². The number of ether oxygens (including phenoxy) is 1. The number of aromatic nitrogens is 3. The molecule has 0 aliphatic rings. The minimum absolute atomic E-state index is 0.0573. The van der Waals surface area contributed by atoms with Gasteiger partial charge in [-0.1, -0.05) is 0 Å². The molecular formula is C12H12N4O4. The van der Waals surface area contributed by atoms with Gasteiger partial charge in [0, 0.05) is 6.20 Å². The second-order valence-electron chi connectivity index (χ2n) is 3.81. The lowest BCUT2D eigenvalue weighted by Crippen LogP contribution is -2.14. The van der Waals surface area contributed by atoms with E-state index in [1.54, 1.807) is 0 Å². The third-order valence-corrected chi connectivity index (χ3v) is 2.52. The minimum atomic E-state index is -1.03.